The van der Waals surface area contributed by atoms with Gasteiger partial charge in [0, 0.05) is 25.7 Å². The molecule has 2 aliphatic heterocycles. The number of carbonyl (C=O) groups excluding carboxylic acids is 1. The predicted octanol–water partition coefficient (Wildman–Crippen LogP) is 1.56. The van der Waals surface area contributed by atoms with Crippen LogP contribution < -0.4 is 5.32 Å². The molecule has 2 saturated heterocycles. The molecule has 3 atom stereocenters. The molecule has 20 heavy (non-hydrogen) atoms. The number of fused-ring (bicyclic) bond motifs is 1. The average Bonchev–Trinajstić information content (AvgIpc) is 3.12. The Bertz CT molecular complexity index is 489. The smallest absolute Gasteiger partial charge is 0.267 e. The standard InChI is InChI=1S/C14H22N4OS/c1-3-5-11-13(20-17-16-11)14(19)18-8-9-6-15-7-10(9)12(18)4-2/h9-10,12,15H,3-8H2,1-2H3. The maximum absolute atomic E-state index is 12.8. The Labute approximate surface area is 123 Å². The third-order valence-electron chi connectivity index (χ3n) is 4.63. The van der Waals surface area contributed by atoms with E-state index in [-0.39, 0.29) is 5.91 Å². The Morgan fingerprint density at radius 3 is 3.05 bits per heavy atom. The molecule has 0 saturated carbocycles. The molecule has 3 unspecified atom stereocenters. The number of amides is 1. The topological polar surface area (TPSA) is 58.1 Å². The molecule has 5 nitrogen and oxygen atoms in total. The first-order valence-electron chi connectivity index (χ1n) is 7.59. The molecule has 3 heterocycles. The number of nitrogens with zero attached hydrogens (tertiary/aromatic N) is 3. The zero-order valence-electron chi connectivity index (χ0n) is 12.1. The van der Waals surface area contributed by atoms with Gasteiger partial charge in [0.2, 0.25) is 0 Å². The van der Waals surface area contributed by atoms with Crippen molar-refractivity contribution >= 4 is 17.4 Å². The summed E-state index contributed by atoms with van der Waals surface area (Å²) in [5.41, 5.74) is 0.882. The fourth-order valence-electron chi connectivity index (χ4n) is 3.68. The molecule has 0 spiro atoms. The van der Waals surface area contributed by atoms with Crippen LogP contribution in [0, 0.1) is 11.8 Å². The first kappa shape index (κ1) is 13.9. The summed E-state index contributed by atoms with van der Waals surface area (Å²) in [7, 11) is 0. The minimum atomic E-state index is 0.157. The minimum Gasteiger partial charge on any atom is -0.334 e. The van der Waals surface area contributed by atoms with Crippen molar-refractivity contribution < 1.29 is 4.79 Å². The normalized spacial score (nSPS) is 28.9. The second-order valence-electron chi connectivity index (χ2n) is 5.81. The van der Waals surface area contributed by atoms with E-state index in [1.165, 1.54) is 11.5 Å². The number of aryl methyl sites for hydroxylation is 1. The van der Waals surface area contributed by atoms with E-state index < -0.39 is 0 Å². The molecule has 1 aromatic rings. The van der Waals surface area contributed by atoms with Gasteiger partial charge < -0.3 is 10.2 Å². The highest BCUT2D eigenvalue weighted by Gasteiger charge is 2.45. The summed E-state index contributed by atoms with van der Waals surface area (Å²) >= 11 is 1.26. The summed E-state index contributed by atoms with van der Waals surface area (Å²) in [5.74, 6) is 1.41. The van der Waals surface area contributed by atoms with Crippen molar-refractivity contribution in [2.75, 3.05) is 19.6 Å². The van der Waals surface area contributed by atoms with E-state index in [2.05, 4.69) is 33.7 Å². The maximum Gasteiger partial charge on any atom is 0.267 e. The Morgan fingerprint density at radius 2 is 2.30 bits per heavy atom. The van der Waals surface area contributed by atoms with Gasteiger partial charge in [0.1, 0.15) is 4.88 Å². The minimum absolute atomic E-state index is 0.157. The van der Waals surface area contributed by atoms with Crippen molar-refractivity contribution in [2.45, 2.75) is 39.2 Å². The van der Waals surface area contributed by atoms with Crippen LogP contribution in [0.4, 0.5) is 0 Å². The van der Waals surface area contributed by atoms with Gasteiger partial charge in [-0.3, -0.25) is 4.79 Å². The van der Waals surface area contributed by atoms with Crippen LogP contribution in [0.25, 0.3) is 0 Å². The third-order valence-corrected chi connectivity index (χ3v) is 5.39. The second kappa shape index (κ2) is 5.77. The lowest BCUT2D eigenvalue weighted by Crippen LogP contribution is -2.39. The fraction of sp³-hybridized carbons (Fsp3) is 0.786. The van der Waals surface area contributed by atoms with E-state index in [1.807, 2.05) is 0 Å². The van der Waals surface area contributed by atoms with Crippen LogP contribution in [-0.2, 0) is 6.42 Å². The van der Waals surface area contributed by atoms with Crippen molar-refractivity contribution in [2.24, 2.45) is 11.8 Å². The highest BCUT2D eigenvalue weighted by atomic mass is 32.1. The average molecular weight is 294 g/mol. The Kier molecular flexibility index (Phi) is 4.03. The van der Waals surface area contributed by atoms with E-state index in [0.717, 1.165) is 49.5 Å². The summed E-state index contributed by atoms with van der Waals surface area (Å²) in [6.07, 6.45) is 2.87. The van der Waals surface area contributed by atoms with Gasteiger partial charge in [-0.25, -0.2) is 0 Å². The molecule has 110 valence electrons. The number of carbonyl (C=O) groups is 1. The van der Waals surface area contributed by atoms with Crippen molar-refractivity contribution in [1.82, 2.24) is 19.8 Å². The molecule has 0 aliphatic carbocycles. The first-order chi connectivity index (χ1) is 9.76. The molecule has 0 bridgehead atoms. The third kappa shape index (κ3) is 2.24. The van der Waals surface area contributed by atoms with E-state index in [4.69, 9.17) is 0 Å². The molecule has 3 rings (SSSR count). The lowest BCUT2D eigenvalue weighted by Gasteiger charge is -2.26. The molecular weight excluding hydrogens is 272 g/mol. The van der Waals surface area contributed by atoms with Crippen molar-refractivity contribution in [3.8, 4) is 0 Å². The number of hydrogen-bond acceptors (Lipinski definition) is 5. The molecule has 2 aliphatic rings. The molecule has 2 fully saturated rings. The summed E-state index contributed by atoms with van der Waals surface area (Å²) in [6, 6.07) is 0.374. The number of hydrogen-bond donors (Lipinski definition) is 1. The van der Waals surface area contributed by atoms with Crippen LogP contribution in [0.2, 0.25) is 0 Å². The van der Waals surface area contributed by atoms with Crippen LogP contribution in [0.1, 0.15) is 42.1 Å². The lowest BCUT2D eigenvalue weighted by molar-refractivity contribution is 0.0715. The SMILES string of the molecule is CCCc1nnsc1C(=O)N1CC2CNCC2C1CC. The van der Waals surface area contributed by atoms with Gasteiger partial charge in [-0.15, -0.1) is 5.10 Å². The van der Waals surface area contributed by atoms with Gasteiger partial charge in [0.15, 0.2) is 0 Å². The number of likely N-dealkylation sites (tertiary alicyclic amines) is 1. The van der Waals surface area contributed by atoms with Gasteiger partial charge in [0.25, 0.3) is 5.91 Å². The summed E-state index contributed by atoms with van der Waals surface area (Å²) in [6.45, 7) is 7.28. The van der Waals surface area contributed by atoms with Gasteiger partial charge in [-0.1, -0.05) is 24.8 Å². The molecule has 0 radical (unpaired) electrons. The van der Waals surface area contributed by atoms with Gasteiger partial charge in [-0.2, -0.15) is 0 Å². The van der Waals surface area contributed by atoms with E-state index in [9.17, 15) is 4.79 Å². The highest BCUT2D eigenvalue weighted by Crippen LogP contribution is 2.35. The molecular formula is C14H22N4OS. The molecule has 1 aromatic heterocycles. The van der Waals surface area contributed by atoms with E-state index in [0.29, 0.717) is 17.9 Å². The van der Waals surface area contributed by atoms with Crippen LogP contribution in [0.15, 0.2) is 0 Å². The molecule has 6 heteroatoms. The number of nitrogens with one attached hydrogen (secondary N) is 1. The van der Waals surface area contributed by atoms with Crippen molar-refractivity contribution in [3.63, 3.8) is 0 Å². The first-order valence-corrected chi connectivity index (χ1v) is 8.36. The predicted molar refractivity (Wildman–Crippen MR) is 78.9 cm³/mol. The van der Waals surface area contributed by atoms with Crippen LogP contribution in [0.5, 0.6) is 0 Å². The van der Waals surface area contributed by atoms with Crippen LogP contribution in [0.3, 0.4) is 0 Å². The largest absolute Gasteiger partial charge is 0.334 e. The van der Waals surface area contributed by atoms with Crippen molar-refractivity contribution in [3.05, 3.63) is 10.6 Å². The quantitative estimate of drug-likeness (QED) is 0.915. The zero-order valence-corrected chi connectivity index (χ0v) is 12.9. The van der Waals surface area contributed by atoms with E-state index in [1.54, 1.807) is 0 Å². The Morgan fingerprint density at radius 1 is 1.45 bits per heavy atom. The molecule has 1 N–H and O–H groups in total. The Hall–Kier alpha value is -1.01. The number of aromatic nitrogens is 2. The Balaban J connectivity index is 1.81. The zero-order chi connectivity index (χ0) is 14.1. The molecule has 1 amide bonds. The molecule has 0 aromatic carbocycles. The lowest BCUT2D eigenvalue weighted by atomic mass is 9.93. The highest BCUT2D eigenvalue weighted by molar-refractivity contribution is 7.08. The monoisotopic (exact) mass is 294 g/mol. The van der Waals surface area contributed by atoms with Gasteiger partial charge in [-0.05, 0) is 36.2 Å². The van der Waals surface area contributed by atoms with Crippen LogP contribution >= 0.6 is 11.5 Å². The number of rotatable bonds is 4. The summed E-state index contributed by atoms with van der Waals surface area (Å²) < 4.78 is 3.99. The van der Waals surface area contributed by atoms with Crippen LogP contribution in [-0.4, -0.2) is 46.1 Å². The van der Waals surface area contributed by atoms with Gasteiger partial charge >= 0.3 is 0 Å². The van der Waals surface area contributed by atoms with Crippen molar-refractivity contribution in [1.29, 1.82) is 0 Å². The summed E-state index contributed by atoms with van der Waals surface area (Å²) in [5, 5.41) is 7.58. The fourth-order valence-corrected chi connectivity index (χ4v) is 4.35. The van der Waals surface area contributed by atoms with E-state index >= 15 is 0 Å². The van der Waals surface area contributed by atoms with Gasteiger partial charge in [0.05, 0.1) is 5.69 Å². The maximum atomic E-state index is 12.8. The summed E-state index contributed by atoms with van der Waals surface area (Å²) in [4.78, 5) is 15.7. The second-order valence-corrected chi connectivity index (χ2v) is 6.57.